The number of ether oxygens (including phenoxy) is 2. The summed E-state index contributed by atoms with van der Waals surface area (Å²) >= 11 is 0. The molecule has 0 spiro atoms. The van der Waals surface area contributed by atoms with Crippen molar-refractivity contribution in [1.29, 1.82) is 0 Å². The van der Waals surface area contributed by atoms with Crippen LogP contribution in [0.15, 0.2) is 65.1 Å². The highest BCUT2D eigenvalue weighted by Gasteiger charge is 2.17. The van der Waals surface area contributed by atoms with E-state index in [0.29, 0.717) is 5.89 Å². The van der Waals surface area contributed by atoms with Crippen molar-refractivity contribution in [2.45, 2.75) is 13.0 Å². The van der Waals surface area contributed by atoms with E-state index in [2.05, 4.69) is 10.2 Å². The second-order valence-corrected chi connectivity index (χ2v) is 5.50. The van der Waals surface area contributed by atoms with Crippen molar-refractivity contribution >= 4 is 12.0 Å². The van der Waals surface area contributed by atoms with Gasteiger partial charge in [0.15, 0.2) is 6.10 Å². The molecule has 0 fully saturated rings. The number of carbonyl (C=O) groups is 1. The summed E-state index contributed by atoms with van der Waals surface area (Å²) in [5.41, 5.74) is 1.67. The molecule has 0 aliphatic rings. The molecular weight excluding hydrogens is 332 g/mol. The van der Waals surface area contributed by atoms with Gasteiger partial charge < -0.3 is 13.9 Å². The van der Waals surface area contributed by atoms with Crippen LogP contribution in [0.5, 0.6) is 5.75 Å². The minimum Gasteiger partial charge on any atom is -0.497 e. The molecule has 26 heavy (non-hydrogen) atoms. The van der Waals surface area contributed by atoms with Crippen molar-refractivity contribution in [3.05, 3.63) is 72.1 Å². The molecule has 0 N–H and O–H groups in total. The monoisotopic (exact) mass is 350 g/mol. The molecule has 0 saturated heterocycles. The van der Waals surface area contributed by atoms with E-state index in [1.807, 2.05) is 54.6 Å². The van der Waals surface area contributed by atoms with Gasteiger partial charge in [0, 0.05) is 11.6 Å². The Morgan fingerprint density at radius 2 is 1.81 bits per heavy atom. The van der Waals surface area contributed by atoms with Gasteiger partial charge in [0.05, 0.1) is 7.11 Å². The molecular formula is C20H18N2O4. The van der Waals surface area contributed by atoms with Crippen LogP contribution < -0.4 is 4.74 Å². The van der Waals surface area contributed by atoms with Crippen LogP contribution in [0.4, 0.5) is 0 Å². The van der Waals surface area contributed by atoms with Crippen LogP contribution in [0, 0.1) is 0 Å². The van der Waals surface area contributed by atoms with Crippen LogP contribution in [0.3, 0.4) is 0 Å². The fourth-order valence-electron chi connectivity index (χ4n) is 2.24. The Morgan fingerprint density at radius 3 is 2.50 bits per heavy atom. The number of aromatic nitrogens is 2. The second-order valence-electron chi connectivity index (χ2n) is 5.50. The van der Waals surface area contributed by atoms with Gasteiger partial charge in [0.2, 0.25) is 5.89 Å². The summed E-state index contributed by atoms with van der Waals surface area (Å²) in [4.78, 5) is 12.0. The number of methoxy groups -OCH3 is 1. The highest BCUT2D eigenvalue weighted by Crippen LogP contribution is 2.22. The summed E-state index contributed by atoms with van der Waals surface area (Å²) in [5, 5.41) is 7.94. The number of rotatable bonds is 6. The summed E-state index contributed by atoms with van der Waals surface area (Å²) in [6, 6.07) is 16.7. The largest absolute Gasteiger partial charge is 0.497 e. The van der Waals surface area contributed by atoms with Crippen LogP contribution in [-0.4, -0.2) is 23.3 Å². The summed E-state index contributed by atoms with van der Waals surface area (Å²) in [6.45, 7) is 1.68. The zero-order chi connectivity index (χ0) is 18.4. The number of hydrogen-bond donors (Lipinski definition) is 0. The van der Waals surface area contributed by atoms with Gasteiger partial charge in [-0.05, 0) is 42.8 Å². The fourth-order valence-corrected chi connectivity index (χ4v) is 2.24. The lowest BCUT2D eigenvalue weighted by atomic mass is 10.2. The molecule has 0 aliphatic heterocycles. The number of hydrogen-bond acceptors (Lipinski definition) is 6. The molecule has 0 bridgehead atoms. The first-order chi connectivity index (χ1) is 12.7. The predicted octanol–water partition coefficient (Wildman–Crippen LogP) is 4.06. The lowest BCUT2D eigenvalue weighted by Crippen LogP contribution is -2.06. The molecule has 1 aromatic heterocycles. The fraction of sp³-hybridized carbons (Fsp3) is 0.150. The van der Waals surface area contributed by atoms with E-state index in [9.17, 15) is 4.79 Å². The first kappa shape index (κ1) is 17.4. The average Bonchev–Trinajstić information content (AvgIpc) is 3.18. The third-order valence-electron chi connectivity index (χ3n) is 3.63. The lowest BCUT2D eigenvalue weighted by molar-refractivity contribution is -0.143. The van der Waals surface area contributed by atoms with Crippen LogP contribution in [0.25, 0.3) is 17.5 Å². The Morgan fingerprint density at radius 1 is 1.08 bits per heavy atom. The first-order valence-electron chi connectivity index (χ1n) is 8.07. The van der Waals surface area contributed by atoms with Crippen molar-refractivity contribution in [1.82, 2.24) is 10.2 Å². The maximum Gasteiger partial charge on any atom is 0.331 e. The number of esters is 1. The molecule has 3 aromatic rings. The van der Waals surface area contributed by atoms with Gasteiger partial charge in [-0.15, -0.1) is 10.2 Å². The van der Waals surface area contributed by atoms with Crippen LogP contribution in [-0.2, 0) is 9.53 Å². The van der Waals surface area contributed by atoms with Crippen molar-refractivity contribution in [3.8, 4) is 17.2 Å². The standard InChI is InChI=1S/C20H18N2O4/c1-14(19-21-22-20(26-19)16-6-4-3-5-7-16)25-18(23)13-10-15-8-11-17(24-2)12-9-15/h3-14H,1-2H3/b13-10+/t14-/m0/s1. The van der Waals surface area contributed by atoms with Gasteiger partial charge in [-0.1, -0.05) is 30.3 Å². The lowest BCUT2D eigenvalue weighted by Gasteiger charge is -2.06. The molecule has 1 atom stereocenters. The van der Waals surface area contributed by atoms with E-state index >= 15 is 0 Å². The van der Waals surface area contributed by atoms with Crippen LogP contribution in [0.1, 0.15) is 24.5 Å². The van der Waals surface area contributed by atoms with Gasteiger partial charge in [0.25, 0.3) is 5.89 Å². The van der Waals surface area contributed by atoms with E-state index in [1.165, 1.54) is 6.08 Å². The minimum atomic E-state index is -0.645. The first-order valence-corrected chi connectivity index (χ1v) is 8.07. The highest BCUT2D eigenvalue weighted by molar-refractivity contribution is 5.87. The quantitative estimate of drug-likeness (QED) is 0.493. The molecule has 0 aliphatic carbocycles. The predicted molar refractivity (Wildman–Crippen MR) is 96.3 cm³/mol. The zero-order valence-corrected chi connectivity index (χ0v) is 14.5. The van der Waals surface area contributed by atoms with Crippen molar-refractivity contribution in [3.63, 3.8) is 0 Å². The van der Waals surface area contributed by atoms with Gasteiger partial charge in [-0.25, -0.2) is 4.79 Å². The molecule has 6 nitrogen and oxygen atoms in total. The maximum atomic E-state index is 12.0. The van der Waals surface area contributed by atoms with Gasteiger partial charge in [-0.2, -0.15) is 0 Å². The molecule has 6 heteroatoms. The Hall–Kier alpha value is -3.41. The van der Waals surface area contributed by atoms with Crippen molar-refractivity contribution < 1.29 is 18.7 Å². The number of benzene rings is 2. The Balaban J connectivity index is 1.60. The van der Waals surface area contributed by atoms with Gasteiger partial charge >= 0.3 is 5.97 Å². The maximum absolute atomic E-state index is 12.0. The summed E-state index contributed by atoms with van der Waals surface area (Å²) in [6.07, 6.45) is 2.37. The number of carbonyl (C=O) groups excluding carboxylic acids is 1. The Kier molecular flexibility index (Phi) is 5.43. The molecule has 2 aromatic carbocycles. The Labute approximate surface area is 151 Å². The third-order valence-corrected chi connectivity index (χ3v) is 3.63. The van der Waals surface area contributed by atoms with Crippen molar-refractivity contribution in [2.24, 2.45) is 0 Å². The van der Waals surface area contributed by atoms with Crippen LogP contribution >= 0.6 is 0 Å². The highest BCUT2D eigenvalue weighted by atomic mass is 16.6. The van der Waals surface area contributed by atoms with Gasteiger partial charge in [0.1, 0.15) is 5.75 Å². The third kappa shape index (κ3) is 4.36. The molecule has 1 heterocycles. The smallest absolute Gasteiger partial charge is 0.331 e. The van der Waals surface area contributed by atoms with E-state index in [0.717, 1.165) is 16.9 Å². The summed E-state index contributed by atoms with van der Waals surface area (Å²) in [5.74, 6) is 0.893. The molecule has 3 rings (SSSR count). The van der Waals surface area contributed by atoms with Crippen LogP contribution in [0.2, 0.25) is 0 Å². The molecule has 0 radical (unpaired) electrons. The minimum absolute atomic E-state index is 0.245. The normalized spacial score (nSPS) is 12.1. The van der Waals surface area contributed by atoms with E-state index in [4.69, 9.17) is 13.9 Å². The Bertz CT molecular complexity index is 886. The van der Waals surface area contributed by atoms with E-state index < -0.39 is 12.1 Å². The second kappa shape index (κ2) is 8.11. The molecule has 0 saturated carbocycles. The van der Waals surface area contributed by atoms with Crippen molar-refractivity contribution in [2.75, 3.05) is 7.11 Å². The average molecular weight is 350 g/mol. The molecule has 0 amide bonds. The molecule has 132 valence electrons. The number of nitrogens with zero attached hydrogens (tertiary/aromatic N) is 2. The summed E-state index contributed by atoms with van der Waals surface area (Å²) in [7, 11) is 1.60. The van der Waals surface area contributed by atoms with E-state index in [1.54, 1.807) is 20.1 Å². The SMILES string of the molecule is COc1ccc(/C=C/C(=O)O[C@@H](C)c2nnc(-c3ccccc3)o2)cc1. The molecule has 0 unspecified atom stereocenters. The zero-order valence-electron chi connectivity index (χ0n) is 14.5. The topological polar surface area (TPSA) is 74.5 Å². The van der Waals surface area contributed by atoms with Gasteiger partial charge in [-0.3, -0.25) is 0 Å². The van der Waals surface area contributed by atoms with E-state index in [-0.39, 0.29) is 5.89 Å². The summed E-state index contributed by atoms with van der Waals surface area (Å²) < 4.78 is 16.0.